The number of halogens is 1. The first-order valence-electron chi connectivity index (χ1n) is 6.41. The Bertz CT molecular complexity index is 389. The van der Waals surface area contributed by atoms with Crippen molar-refractivity contribution in [3.63, 3.8) is 0 Å². The third-order valence-corrected chi connectivity index (χ3v) is 4.21. The van der Waals surface area contributed by atoms with Crippen LogP contribution in [0, 0.1) is 0 Å². The Morgan fingerprint density at radius 2 is 2.06 bits per heavy atom. The van der Waals surface area contributed by atoms with Crippen LogP contribution in [0.25, 0.3) is 0 Å². The lowest BCUT2D eigenvalue weighted by molar-refractivity contribution is 0.126. The molecule has 1 aromatic rings. The number of aliphatic hydroxyl groups is 1. The van der Waals surface area contributed by atoms with Crippen LogP contribution >= 0.6 is 15.9 Å². The van der Waals surface area contributed by atoms with E-state index in [9.17, 15) is 5.11 Å². The number of aliphatic hydroxyl groups excluding tert-OH is 1. The zero-order valence-corrected chi connectivity index (χ0v) is 12.2. The molecule has 0 atom stereocenters. The number of rotatable bonds is 4. The minimum atomic E-state index is -0.107. The fraction of sp³-hybridized carbons (Fsp3) is 0.571. The third kappa shape index (κ3) is 3.46. The van der Waals surface area contributed by atoms with Crippen LogP contribution in [0.2, 0.25) is 0 Å². The zero-order valence-electron chi connectivity index (χ0n) is 10.7. The summed E-state index contributed by atoms with van der Waals surface area (Å²) in [5.41, 5.74) is 2.29. The summed E-state index contributed by atoms with van der Waals surface area (Å²) in [4.78, 5) is 0. The molecule has 1 aromatic carbocycles. The number of ether oxygens (including phenoxy) is 1. The van der Waals surface area contributed by atoms with Crippen molar-refractivity contribution < 1.29 is 9.84 Å². The van der Waals surface area contributed by atoms with Gasteiger partial charge in [-0.15, -0.1) is 0 Å². The van der Waals surface area contributed by atoms with Gasteiger partial charge in [-0.1, -0.05) is 22.0 Å². The minimum absolute atomic E-state index is 0.107. The molecule has 1 fully saturated rings. The van der Waals surface area contributed by atoms with Gasteiger partial charge in [0.2, 0.25) is 0 Å². The summed E-state index contributed by atoms with van der Waals surface area (Å²) in [6.07, 6.45) is 3.74. The lowest BCUT2D eigenvalue weighted by Gasteiger charge is -2.28. The van der Waals surface area contributed by atoms with E-state index in [0.29, 0.717) is 12.6 Å². The van der Waals surface area contributed by atoms with Crippen LogP contribution < -0.4 is 5.32 Å². The molecule has 0 spiro atoms. The van der Waals surface area contributed by atoms with E-state index < -0.39 is 0 Å². The largest absolute Gasteiger partial charge is 0.393 e. The summed E-state index contributed by atoms with van der Waals surface area (Å²) >= 11 is 3.56. The predicted molar refractivity (Wildman–Crippen MR) is 76.7 cm³/mol. The minimum Gasteiger partial charge on any atom is -0.393 e. The Hall–Kier alpha value is -0.580. The van der Waals surface area contributed by atoms with E-state index >= 15 is 0 Å². The monoisotopic (exact) mass is 313 g/mol. The standard InChI is InChI=1S/C14H20BrNO2/c1-18-9-12-13(15)3-2-4-14(12)16-10-5-7-11(17)8-6-10/h2-4,10-11,16-17H,5-9H2,1H3. The van der Waals surface area contributed by atoms with E-state index in [1.807, 2.05) is 12.1 Å². The van der Waals surface area contributed by atoms with E-state index in [1.165, 1.54) is 0 Å². The molecule has 0 aliphatic heterocycles. The predicted octanol–water partition coefficient (Wildman–Crippen LogP) is 3.31. The number of nitrogens with one attached hydrogen (secondary N) is 1. The average molecular weight is 314 g/mol. The summed E-state index contributed by atoms with van der Waals surface area (Å²) in [6.45, 7) is 0.596. The van der Waals surface area contributed by atoms with E-state index in [1.54, 1.807) is 7.11 Å². The van der Waals surface area contributed by atoms with Crippen LogP contribution in [0.1, 0.15) is 31.2 Å². The SMILES string of the molecule is COCc1c(Br)cccc1NC1CCC(O)CC1. The van der Waals surface area contributed by atoms with Gasteiger partial charge in [0, 0.05) is 28.9 Å². The number of hydrogen-bond acceptors (Lipinski definition) is 3. The molecule has 18 heavy (non-hydrogen) atoms. The maximum atomic E-state index is 9.52. The van der Waals surface area contributed by atoms with Gasteiger partial charge in [-0.3, -0.25) is 0 Å². The first-order valence-corrected chi connectivity index (χ1v) is 7.21. The van der Waals surface area contributed by atoms with Crippen molar-refractivity contribution in [2.75, 3.05) is 12.4 Å². The summed E-state index contributed by atoms with van der Waals surface area (Å²) in [5, 5.41) is 13.1. The second-order valence-electron chi connectivity index (χ2n) is 4.85. The Morgan fingerprint density at radius 3 is 2.72 bits per heavy atom. The van der Waals surface area contributed by atoms with E-state index in [0.717, 1.165) is 41.4 Å². The summed E-state index contributed by atoms with van der Waals surface area (Å²) in [5.74, 6) is 0. The van der Waals surface area contributed by atoms with Gasteiger partial charge >= 0.3 is 0 Å². The Kier molecular flexibility index (Phi) is 5.03. The molecule has 3 nitrogen and oxygen atoms in total. The Morgan fingerprint density at radius 1 is 1.33 bits per heavy atom. The Balaban J connectivity index is 2.06. The van der Waals surface area contributed by atoms with Crippen LogP contribution in [0.3, 0.4) is 0 Å². The van der Waals surface area contributed by atoms with Crippen molar-refractivity contribution in [3.05, 3.63) is 28.2 Å². The smallest absolute Gasteiger partial charge is 0.0744 e. The second kappa shape index (κ2) is 6.55. The lowest BCUT2D eigenvalue weighted by Crippen LogP contribution is -2.28. The second-order valence-corrected chi connectivity index (χ2v) is 5.70. The quantitative estimate of drug-likeness (QED) is 0.896. The van der Waals surface area contributed by atoms with Gasteiger partial charge in [-0.25, -0.2) is 0 Å². The molecule has 1 aliphatic rings. The summed E-state index contributed by atoms with van der Waals surface area (Å²) in [6, 6.07) is 6.61. The first-order chi connectivity index (χ1) is 8.70. The maximum Gasteiger partial charge on any atom is 0.0744 e. The molecule has 4 heteroatoms. The molecule has 0 heterocycles. The summed E-state index contributed by atoms with van der Waals surface area (Å²) in [7, 11) is 1.71. The van der Waals surface area contributed by atoms with E-state index in [4.69, 9.17) is 4.74 Å². The molecular weight excluding hydrogens is 294 g/mol. The highest BCUT2D eigenvalue weighted by atomic mass is 79.9. The number of methoxy groups -OCH3 is 1. The molecule has 2 rings (SSSR count). The third-order valence-electron chi connectivity index (χ3n) is 3.46. The van der Waals surface area contributed by atoms with Crippen molar-refractivity contribution in [2.24, 2.45) is 0 Å². The van der Waals surface area contributed by atoms with Gasteiger partial charge in [-0.2, -0.15) is 0 Å². The average Bonchev–Trinajstić information content (AvgIpc) is 2.36. The van der Waals surface area contributed by atoms with Crippen molar-refractivity contribution >= 4 is 21.6 Å². The van der Waals surface area contributed by atoms with Crippen LogP contribution in [-0.4, -0.2) is 24.4 Å². The van der Waals surface area contributed by atoms with E-state index in [-0.39, 0.29) is 6.10 Å². The van der Waals surface area contributed by atoms with Gasteiger partial charge in [0.25, 0.3) is 0 Å². The highest BCUT2D eigenvalue weighted by molar-refractivity contribution is 9.10. The fourth-order valence-corrected chi connectivity index (χ4v) is 2.91. The highest BCUT2D eigenvalue weighted by Crippen LogP contribution is 2.28. The molecular formula is C14H20BrNO2. The molecule has 2 N–H and O–H groups in total. The molecule has 0 bridgehead atoms. The van der Waals surface area contributed by atoms with Crippen LogP contribution in [0.15, 0.2) is 22.7 Å². The van der Waals surface area contributed by atoms with Crippen LogP contribution in [-0.2, 0) is 11.3 Å². The van der Waals surface area contributed by atoms with Crippen molar-refractivity contribution in [1.29, 1.82) is 0 Å². The number of hydrogen-bond donors (Lipinski definition) is 2. The molecule has 0 radical (unpaired) electrons. The van der Waals surface area contributed by atoms with Crippen molar-refractivity contribution in [2.45, 2.75) is 44.4 Å². The van der Waals surface area contributed by atoms with Gasteiger partial charge in [0.05, 0.1) is 12.7 Å². The lowest BCUT2D eigenvalue weighted by atomic mass is 9.93. The molecule has 0 aromatic heterocycles. The molecule has 1 saturated carbocycles. The van der Waals surface area contributed by atoms with Gasteiger partial charge in [0.15, 0.2) is 0 Å². The zero-order chi connectivity index (χ0) is 13.0. The van der Waals surface area contributed by atoms with Gasteiger partial charge in [-0.05, 0) is 37.8 Å². The molecule has 1 aliphatic carbocycles. The highest BCUT2D eigenvalue weighted by Gasteiger charge is 2.20. The topological polar surface area (TPSA) is 41.5 Å². The molecule has 0 amide bonds. The summed E-state index contributed by atoms with van der Waals surface area (Å²) < 4.78 is 6.32. The first kappa shape index (κ1) is 13.8. The van der Waals surface area contributed by atoms with Crippen molar-refractivity contribution in [3.8, 4) is 0 Å². The van der Waals surface area contributed by atoms with Crippen LogP contribution in [0.4, 0.5) is 5.69 Å². The van der Waals surface area contributed by atoms with Crippen molar-refractivity contribution in [1.82, 2.24) is 0 Å². The molecule has 0 saturated heterocycles. The van der Waals surface area contributed by atoms with Crippen LogP contribution in [0.5, 0.6) is 0 Å². The molecule has 0 unspecified atom stereocenters. The molecule has 100 valence electrons. The number of anilines is 1. The normalized spacial score (nSPS) is 23.9. The fourth-order valence-electron chi connectivity index (χ4n) is 2.42. The number of benzene rings is 1. The van der Waals surface area contributed by atoms with Gasteiger partial charge in [0.1, 0.15) is 0 Å². The Labute approximate surface area is 117 Å². The maximum absolute atomic E-state index is 9.52. The van der Waals surface area contributed by atoms with E-state index in [2.05, 4.69) is 27.3 Å². The van der Waals surface area contributed by atoms with Gasteiger partial charge < -0.3 is 15.2 Å².